The highest BCUT2D eigenvalue weighted by Crippen LogP contribution is 2.41. The number of fused-ring (bicyclic) bond motifs is 1. The smallest absolute Gasteiger partial charge is 0.254 e. The number of amides is 1. The van der Waals surface area contributed by atoms with Crippen LogP contribution < -0.4 is 10.6 Å². The van der Waals surface area contributed by atoms with E-state index in [0.717, 1.165) is 18.8 Å². The molecule has 1 aromatic carbocycles. The Morgan fingerprint density at radius 3 is 2.62 bits per heavy atom. The van der Waals surface area contributed by atoms with Crippen molar-refractivity contribution in [3.05, 3.63) is 47.2 Å². The minimum atomic E-state index is -0.419. The van der Waals surface area contributed by atoms with Gasteiger partial charge in [-0.3, -0.25) is 4.79 Å². The summed E-state index contributed by atoms with van der Waals surface area (Å²) in [6, 6.07) is 10.3. The highest BCUT2D eigenvalue weighted by Gasteiger charge is 2.39. The van der Waals surface area contributed by atoms with Crippen LogP contribution in [0.5, 0.6) is 0 Å². The van der Waals surface area contributed by atoms with Crippen molar-refractivity contribution in [1.82, 2.24) is 9.78 Å². The van der Waals surface area contributed by atoms with Crippen molar-refractivity contribution in [3.63, 3.8) is 0 Å². The van der Waals surface area contributed by atoms with E-state index < -0.39 is 5.91 Å². The molecule has 1 unspecified atom stereocenters. The summed E-state index contributed by atoms with van der Waals surface area (Å²) in [6.07, 6.45) is 0.930. The monoisotopic (exact) mass is 284 g/mol. The third kappa shape index (κ3) is 1.92. The van der Waals surface area contributed by atoms with Crippen LogP contribution in [0.4, 0.5) is 5.82 Å². The fourth-order valence-corrected chi connectivity index (χ4v) is 3.21. The van der Waals surface area contributed by atoms with Crippen LogP contribution in [-0.2, 0) is 12.1 Å². The fraction of sp³-hybridized carbons (Fsp3) is 0.375. The van der Waals surface area contributed by atoms with Crippen molar-refractivity contribution in [2.45, 2.75) is 32.4 Å². The number of aryl methyl sites for hydroxylation is 2. The molecule has 0 bridgehead atoms. The average molecular weight is 284 g/mol. The molecule has 0 fully saturated rings. The third-order valence-corrected chi connectivity index (χ3v) is 4.61. The summed E-state index contributed by atoms with van der Waals surface area (Å²) in [6.45, 7) is 4.80. The molecule has 1 amide bonds. The molecule has 0 aliphatic carbocycles. The molecule has 3 rings (SSSR count). The predicted molar refractivity (Wildman–Crippen MR) is 82.3 cm³/mol. The van der Waals surface area contributed by atoms with Gasteiger partial charge in [-0.1, -0.05) is 30.3 Å². The lowest BCUT2D eigenvalue weighted by Crippen LogP contribution is -2.47. The molecule has 110 valence electrons. The molecular formula is C16H20N4O. The molecule has 5 heteroatoms. The van der Waals surface area contributed by atoms with Gasteiger partial charge in [-0.15, -0.1) is 0 Å². The van der Waals surface area contributed by atoms with Gasteiger partial charge in [-0.2, -0.15) is 5.10 Å². The minimum Gasteiger partial charge on any atom is -0.365 e. The Morgan fingerprint density at radius 2 is 2.00 bits per heavy atom. The molecule has 1 aliphatic heterocycles. The van der Waals surface area contributed by atoms with Crippen LogP contribution in [0.15, 0.2) is 30.3 Å². The lowest BCUT2D eigenvalue weighted by molar-refractivity contribution is 0.0999. The topological polar surface area (TPSA) is 64.2 Å². The largest absolute Gasteiger partial charge is 0.365 e. The number of anilines is 1. The molecule has 2 N–H and O–H groups in total. The SMILES string of the molecule is Cc1nn2c(c1C(N)=O)N(C)C(C)(c1ccccc1)CC2. The third-order valence-electron chi connectivity index (χ3n) is 4.61. The Morgan fingerprint density at radius 1 is 1.33 bits per heavy atom. The first-order chi connectivity index (χ1) is 9.95. The van der Waals surface area contributed by atoms with Gasteiger partial charge in [0.1, 0.15) is 11.4 Å². The first-order valence-corrected chi connectivity index (χ1v) is 7.11. The number of nitrogens with two attached hydrogens (primary N) is 1. The molecule has 0 radical (unpaired) electrons. The van der Waals surface area contributed by atoms with E-state index in [1.54, 1.807) is 0 Å². The Kier molecular flexibility index (Phi) is 3.01. The van der Waals surface area contributed by atoms with E-state index in [-0.39, 0.29) is 5.54 Å². The maximum Gasteiger partial charge on any atom is 0.254 e. The fourth-order valence-electron chi connectivity index (χ4n) is 3.21. The number of hydrogen-bond donors (Lipinski definition) is 1. The van der Waals surface area contributed by atoms with Crippen molar-refractivity contribution in [2.24, 2.45) is 5.73 Å². The number of carbonyl (C=O) groups excluding carboxylic acids is 1. The second-order valence-corrected chi connectivity index (χ2v) is 5.82. The van der Waals surface area contributed by atoms with Gasteiger partial charge < -0.3 is 10.6 Å². The van der Waals surface area contributed by atoms with Crippen molar-refractivity contribution < 1.29 is 4.79 Å². The molecule has 1 atom stereocenters. The zero-order valence-corrected chi connectivity index (χ0v) is 12.6. The van der Waals surface area contributed by atoms with Crippen molar-refractivity contribution in [3.8, 4) is 0 Å². The second-order valence-electron chi connectivity index (χ2n) is 5.82. The molecule has 21 heavy (non-hydrogen) atoms. The van der Waals surface area contributed by atoms with Crippen molar-refractivity contribution in [2.75, 3.05) is 11.9 Å². The lowest BCUT2D eigenvalue weighted by atomic mass is 9.85. The summed E-state index contributed by atoms with van der Waals surface area (Å²) in [4.78, 5) is 13.9. The molecule has 5 nitrogen and oxygen atoms in total. The summed E-state index contributed by atoms with van der Waals surface area (Å²) < 4.78 is 1.89. The molecule has 0 spiro atoms. The summed E-state index contributed by atoms with van der Waals surface area (Å²) in [5.74, 6) is 0.399. The molecule has 1 aliphatic rings. The number of carbonyl (C=O) groups is 1. The van der Waals surface area contributed by atoms with Crippen molar-refractivity contribution in [1.29, 1.82) is 0 Å². The van der Waals surface area contributed by atoms with Gasteiger partial charge >= 0.3 is 0 Å². The molecular weight excluding hydrogens is 264 g/mol. The normalized spacial score (nSPS) is 21.2. The second kappa shape index (κ2) is 4.62. The predicted octanol–water partition coefficient (Wildman–Crippen LogP) is 2.05. The standard InChI is InChI=1S/C16H20N4O/c1-11-13(14(17)21)15-19(3)16(2,9-10-20(15)18-11)12-7-5-4-6-8-12/h4-8H,9-10H2,1-3H3,(H2,17,21). The van der Waals surface area contributed by atoms with Gasteiger partial charge in [0, 0.05) is 13.6 Å². The number of nitrogens with zero attached hydrogens (tertiary/aromatic N) is 3. The Labute approximate surface area is 124 Å². The Balaban J connectivity index is 2.14. The molecule has 2 heterocycles. The maximum atomic E-state index is 11.8. The maximum absolute atomic E-state index is 11.8. The summed E-state index contributed by atoms with van der Waals surface area (Å²) in [7, 11) is 2.01. The zero-order valence-electron chi connectivity index (χ0n) is 12.6. The lowest BCUT2D eigenvalue weighted by Gasteiger charge is -2.44. The van der Waals surface area contributed by atoms with E-state index in [1.807, 2.05) is 36.9 Å². The number of benzene rings is 1. The summed E-state index contributed by atoms with van der Waals surface area (Å²) in [5.41, 5.74) is 7.83. The molecule has 2 aromatic rings. The number of primary amides is 1. The van der Waals surface area contributed by atoms with Gasteiger partial charge in [0.2, 0.25) is 0 Å². The molecule has 1 aromatic heterocycles. The van der Waals surface area contributed by atoms with Crippen LogP contribution in [0.25, 0.3) is 0 Å². The number of hydrogen-bond acceptors (Lipinski definition) is 3. The molecule has 0 saturated carbocycles. The van der Waals surface area contributed by atoms with Crippen LogP contribution in [0.2, 0.25) is 0 Å². The average Bonchev–Trinajstić information content (AvgIpc) is 2.81. The Hall–Kier alpha value is -2.30. The summed E-state index contributed by atoms with van der Waals surface area (Å²) >= 11 is 0. The van der Waals surface area contributed by atoms with E-state index in [9.17, 15) is 4.79 Å². The van der Waals surface area contributed by atoms with E-state index in [2.05, 4.69) is 29.1 Å². The number of rotatable bonds is 2. The quantitative estimate of drug-likeness (QED) is 0.918. The van der Waals surface area contributed by atoms with E-state index >= 15 is 0 Å². The van der Waals surface area contributed by atoms with Crippen LogP contribution >= 0.6 is 0 Å². The van der Waals surface area contributed by atoms with Gasteiger partial charge in [-0.25, -0.2) is 4.68 Å². The van der Waals surface area contributed by atoms with E-state index in [1.165, 1.54) is 5.56 Å². The van der Waals surface area contributed by atoms with Gasteiger partial charge in [0.05, 0.1) is 11.2 Å². The van der Waals surface area contributed by atoms with Gasteiger partial charge in [0.15, 0.2) is 0 Å². The number of aromatic nitrogens is 2. The molecule has 0 saturated heterocycles. The first kappa shape index (κ1) is 13.7. The highest BCUT2D eigenvalue weighted by molar-refractivity contribution is 5.99. The zero-order chi connectivity index (χ0) is 15.2. The van der Waals surface area contributed by atoms with E-state index in [0.29, 0.717) is 11.3 Å². The Bertz CT molecular complexity index is 692. The van der Waals surface area contributed by atoms with Crippen LogP contribution in [0.3, 0.4) is 0 Å². The van der Waals surface area contributed by atoms with Crippen LogP contribution in [0, 0.1) is 6.92 Å². The van der Waals surface area contributed by atoms with Crippen LogP contribution in [-0.4, -0.2) is 22.7 Å². The first-order valence-electron chi connectivity index (χ1n) is 7.11. The minimum absolute atomic E-state index is 0.173. The van der Waals surface area contributed by atoms with Crippen LogP contribution in [0.1, 0.15) is 35.0 Å². The van der Waals surface area contributed by atoms with Crippen molar-refractivity contribution >= 4 is 11.7 Å². The van der Waals surface area contributed by atoms with Gasteiger partial charge in [0.25, 0.3) is 5.91 Å². The highest BCUT2D eigenvalue weighted by atomic mass is 16.1. The van der Waals surface area contributed by atoms with E-state index in [4.69, 9.17) is 5.73 Å². The summed E-state index contributed by atoms with van der Waals surface area (Å²) in [5, 5.41) is 4.46. The van der Waals surface area contributed by atoms with Gasteiger partial charge in [-0.05, 0) is 25.8 Å².